The highest BCUT2D eigenvalue weighted by molar-refractivity contribution is 9.10. The summed E-state index contributed by atoms with van der Waals surface area (Å²) in [5.41, 5.74) is 6.36. The first-order valence-electron chi connectivity index (χ1n) is 8.85. The average molecular weight is 455 g/mol. The van der Waals surface area contributed by atoms with Gasteiger partial charge >= 0.3 is 0 Å². The Bertz CT molecular complexity index is 1220. The topological polar surface area (TPSA) is 59.8 Å². The molecule has 0 fully saturated rings. The maximum absolute atomic E-state index is 12.8. The first-order valence-corrected chi connectivity index (χ1v) is 10.5. The van der Waals surface area contributed by atoms with Crippen LogP contribution in [0.4, 0.5) is 5.69 Å². The highest BCUT2D eigenvalue weighted by Gasteiger charge is 2.18. The van der Waals surface area contributed by atoms with E-state index in [9.17, 15) is 4.79 Å². The van der Waals surface area contributed by atoms with Gasteiger partial charge in [0.15, 0.2) is 0 Å². The van der Waals surface area contributed by atoms with Crippen molar-refractivity contribution in [3.8, 4) is 5.13 Å². The Morgan fingerprint density at radius 2 is 1.89 bits per heavy atom. The van der Waals surface area contributed by atoms with E-state index in [4.69, 9.17) is 4.98 Å². The van der Waals surface area contributed by atoms with Crippen LogP contribution in [0.25, 0.3) is 15.3 Å². The number of carbonyl (C=O) groups excluding carboxylic acids is 1. The zero-order valence-corrected chi connectivity index (χ0v) is 18.4. The van der Waals surface area contributed by atoms with Crippen LogP contribution in [0.5, 0.6) is 0 Å². The molecule has 0 aliphatic heterocycles. The lowest BCUT2D eigenvalue weighted by atomic mass is 10.1. The van der Waals surface area contributed by atoms with Gasteiger partial charge in [-0.15, -0.1) is 0 Å². The third-order valence-electron chi connectivity index (χ3n) is 4.65. The minimum atomic E-state index is -0.138. The van der Waals surface area contributed by atoms with Gasteiger partial charge in [-0.25, -0.2) is 9.67 Å². The van der Waals surface area contributed by atoms with Gasteiger partial charge in [-0.1, -0.05) is 23.5 Å². The van der Waals surface area contributed by atoms with Crippen LogP contribution in [0.1, 0.15) is 32.9 Å². The summed E-state index contributed by atoms with van der Waals surface area (Å²) in [5.74, 6) is -0.138. The summed E-state index contributed by atoms with van der Waals surface area (Å²) < 4.78 is 3.69. The van der Waals surface area contributed by atoms with Crippen molar-refractivity contribution in [3.05, 3.63) is 68.9 Å². The number of hydrogen-bond donors (Lipinski definition) is 1. The van der Waals surface area contributed by atoms with E-state index in [1.165, 1.54) is 0 Å². The van der Waals surface area contributed by atoms with Crippen LogP contribution in [0.15, 0.2) is 40.9 Å². The molecule has 1 amide bonds. The number of nitrogens with one attached hydrogen (secondary N) is 1. The normalized spacial score (nSPS) is 11.2. The van der Waals surface area contributed by atoms with Crippen molar-refractivity contribution in [2.45, 2.75) is 27.7 Å². The molecule has 0 spiro atoms. The van der Waals surface area contributed by atoms with E-state index < -0.39 is 0 Å². The smallest absolute Gasteiger partial charge is 0.256 e. The molecule has 1 N–H and O–H groups in total. The summed E-state index contributed by atoms with van der Waals surface area (Å²) in [6, 6.07) is 11.5. The number of thiazole rings is 1. The molecule has 0 bridgehead atoms. The van der Waals surface area contributed by atoms with Gasteiger partial charge in [0.05, 0.1) is 21.5 Å². The number of amides is 1. The van der Waals surface area contributed by atoms with Crippen molar-refractivity contribution in [1.29, 1.82) is 0 Å². The summed E-state index contributed by atoms with van der Waals surface area (Å²) in [7, 11) is 0. The molecule has 4 aromatic rings. The SMILES string of the molecule is Cc1cc(C)n(-c2nc3cc(C)c(NC(=O)c4ccccc4Br)c(C)c3s2)n1. The summed E-state index contributed by atoms with van der Waals surface area (Å²) in [6.45, 7) is 8.01. The Balaban J connectivity index is 1.77. The lowest BCUT2D eigenvalue weighted by Crippen LogP contribution is -2.14. The molecule has 7 heteroatoms. The Labute approximate surface area is 175 Å². The molecule has 2 heterocycles. The molecule has 2 aromatic carbocycles. The van der Waals surface area contributed by atoms with Crippen molar-refractivity contribution >= 4 is 49.1 Å². The minimum Gasteiger partial charge on any atom is -0.321 e. The zero-order chi connectivity index (χ0) is 20.0. The fourth-order valence-corrected chi connectivity index (χ4v) is 4.83. The van der Waals surface area contributed by atoms with Gasteiger partial charge in [-0.2, -0.15) is 5.10 Å². The van der Waals surface area contributed by atoms with Crippen LogP contribution >= 0.6 is 27.3 Å². The van der Waals surface area contributed by atoms with Crippen molar-refractivity contribution in [3.63, 3.8) is 0 Å². The molecule has 2 aromatic heterocycles. The van der Waals surface area contributed by atoms with E-state index in [2.05, 4.69) is 26.3 Å². The van der Waals surface area contributed by atoms with Gasteiger partial charge < -0.3 is 5.32 Å². The second-order valence-corrected chi connectivity index (χ2v) is 8.64. The van der Waals surface area contributed by atoms with Gasteiger partial charge in [-0.05, 0) is 79.0 Å². The Morgan fingerprint density at radius 3 is 2.57 bits per heavy atom. The number of carbonyl (C=O) groups is 1. The van der Waals surface area contributed by atoms with Crippen LogP contribution in [-0.4, -0.2) is 20.7 Å². The van der Waals surface area contributed by atoms with Crippen LogP contribution in [-0.2, 0) is 0 Å². The number of halogens is 1. The van der Waals surface area contributed by atoms with E-state index in [0.717, 1.165) is 48.0 Å². The maximum atomic E-state index is 12.8. The van der Waals surface area contributed by atoms with E-state index in [-0.39, 0.29) is 5.91 Å². The molecule has 0 radical (unpaired) electrons. The number of fused-ring (bicyclic) bond motifs is 1. The summed E-state index contributed by atoms with van der Waals surface area (Å²) in [6.07, 6.45) is 0. The molecule has 0 saturated carbocycles. The second kappa shape index (κ2) is 7.14. The van der Waals surface area contributed by atoms with E-state index >= 15 is 0 Å². The van der Waals surface area contributed by atoms with Gasteiger partial charge in [0, 0.05) is 15.9 Å². The minimum absolute atomic E-state index is 0.138. The third kappa shape index (κ3) is 3.25. The maximum Gasteiger partial charge on any atom is 0.256 e. The fraction of sp³-hybridized carbons (Fsp3) is 0.190. The largest absolute Gasteiger partial charge is 0.321 e. The van der Waals surface area contributed by atoms with E-state index in [1.54, 1.807) is 17.4 Å². The standard InChI is InChI=1S/C21H19BrN4OS/c1-11-9-17-19(28-21(23-17)26-13(3)10-12(2)25-26)14(4)18(11)24-20(27)15-7-5-6-8-16(15)22/h5-10H,1-4H3,(H,24,27). The summed E-state index contributed by atoms with van der Waals surface area (Å²) >= 11 is 5.03. The molecular weight excluding hydrogens is 436 g/mol. The van der Waals surface area contributed by atoms with Crippen molar-refractivity contribution in [2.75, 3.05) is 5.32 Å². The first kappa shape index (κ1) is 18.8. The quantitative estimate of drug-likeness (QED) is 0.429. The molecule has 0 aliphatic carbocycles. The van der Waals surface area contributed by atoms with E-state index in [1.807, 2.05) is 62.7 Å². The highest BCUT2D eigenvalue weighted by atomic mass is 79.9. The number of anilines is 1. The van der Waals surface area contributed by atoms with Gasteiger partial charge in [0.2, 0.25) is 5.13 Å². The number of aryl methyl sites for hydroxylation is 4. The molecule has 0 aliphatic rings. The predicted molar refractivity (Wildman–Crippen MR) is 118 cm³/mol. The van der Waals surface area contributed by atoms with Gasteiger partial charge in [0.25, 0.3) is 5.91 Å². The number of aromatic nitrogens is 3. The number of benzene rings is 2. The summed E-state index contributed by atoms with van der Waals surface area (Å²) in [4.78, 5) is 17.6. The average Bonchev–Trinajstić information content (AvgIpc) is 3.21. The zero-order valence-electron chi connectivity index (χ0n) is 16.0. The second-order valence-electron chi connectivity index (χ2n) is 6.81. The van der Waals surface area contributed by atoms with Crippen molar-refractivity contribution in [1.82, 2.24) is 14.8 Å². The Hall–Kier alpha value is -2.51. The van der Waals surface area contributed by atoms with E-state index in [0.29, 0.717) is 5.56 Å². The Morgan fingerprint density at radius 1 is 1.14 bits per heavy atom. The van der Waals surface area contributed by atoms with Crippen LogP contribution in [0.2, 0.25) is 0 Å². The van der Waals surface area contributed by atoms with Gasteiger partial charge in [-0.3, -0.25) is 4.79 Å². The third-order valence-corrected chi connectivity index (χ3v) is 6.51. The molecule has 5 nitrogen and oxygen atoms in total. The molecule has 0 saturated heterocycles. The lowest BCUT2D eigenvalue weighted by molar-refractivity contribution is 0.102. The van der Waals surface area contributed by atoms with Crippen LogP contribution in [0, 0.1) is 27.7 Å². The van der Waals surface area contributed by atoms with Crippen LogP contribution < -0.4 is 5.32 Å². The van der Waals surface area contributed by atoms with Crippen molar-refractivity contribution < 1.29 is 4.79 Å². The summed E-state index contributed by atoms with van der Waals surface area (Å²) in [5, 5.41) is 8.45. The first-order chi connectivity index (χ1) is 13.3. The van der Waals surface area contributed by atoms with Crippen molar-refractivity contribution in [2.24, 2.45) is 0 Å². The predicted octanol–water partition coefficient (Wildman–Crippen LogP) is 5.73. The lowest BCUT2D eigenvalue weighted by Gasteiger charge is -2.13. The fourth-order valence-electron chi connectivity index (χ4n) is 3.30. The van der Waals surface area contributed by atoms with Gasteiger partial charge in [0.1, 0.15) is 0 Å². The molecular formula is C21H19BrN4OS. The monoisotopic (exact) mass is 454 g/mol. The number of rotatable bonds is 3. The molecule has 28 heavy (non-hydrogen) atoms. The number of nitrogens with zero attached hydrogens (tertiary/aromatic N) is 3. The highest BCUT2D eigenvalue weighted by Crippen LogP contribution is 2.35. The van der Waals surface area contributed by atoms with Crippen LogP contribution in [0.3, 0.4) is 0 Å². The number of hydrogen-bond acceptors (Lipinski definition) is 4. The molecule has 142 valence electrons. The Kier molecular flexibility index (Phi) is 4.81. The molecule has 4 rings (SSSR count). The molecule has 0 unspecified atom stereocenters. The molecule has 0 atom stereocenters.